The molecule has 0 saturated heterocycles. The fourth-order valence-corrected chi connectivity index (χ4v) is 3.32. The summed E-state index contributed by atoms with van der Waals surface area (Å²) < 4.78 is 27.9. The highest BCUT2D eigenvalue weighted by Crippen LogP contribution is 2.11. The van der Waals surface area contributed by atoms with Crippen LogP contribution in [0.1, 0.15) is 15.9 Å². The van der Waals surface area contributed by atoms with Crippen LogP contribution in [0.4, 0.5) is 0 Å². The number of rotatable bonds is 7. The van der Waals surface area contributed by atoms with Crippen molar-refractivity contribution >= 4 is 15.9 Å². The molecule has 0 saturated carbocycles. The summed E-state index contributed by atoms with van der Waals surface area (Å²) in [7, 11) is -3.69. The molecule has 3 aromatic rings. The molecule has 1 amide bonds. The van der Waals surface area contributed by atoms with Crippen molar-refractivity contribution in [1.82, 2.24) is 24.8 Å². The standard InChI is InChI=1S/C19H17N5O3S/c1-2-9-23-28(26,27)17-6-4-16(5-7-17)19(25)21-14-15-8-11-20-18(13-15)24-12-3-10-22-24/h1,3-8,10-13,23H,9,14H2,(H,21,25). The van der Waals surface area contributed by atoms with Gasteiger partial charge in [-0.25, -0.2) is 18.1 Å². The molecule has 0 spiro atoms. The van der Waals surface area contributed by atoms with E-state index in [1.807, 2.05) is 6.07 Å². The average molecular weight is 395 g/mol. The second kappa shape index (κ2) is 8.47. The van der Waals surface area contributed by atoms with Gasteiger partial charge in [-0.2, -0.15) is 9.82 Å². The SMILES string of the molecule is C#CCNS(=O)(=O)c1ccc(C(=O)NCc2ccnc(-n3cccn3)c2)cc1. The van der Waals surface area contributed by atoms with Gasteiger partial charge in [0.25, 0.3) is 5.91 Å². The second-order valence-electron chi connectivity index (χ2n) is 5.71. The molecule has 0 aliphatic rings. The largest absolute Gasteiger partial charge is 0.348 e. The Morgan fingerprint density at radius 3 is 2.64 bits per heavy atom. The van der Waals surface area contributed by atoms with E-state index in [0.29, 0.717) is 17.9 Å². The van der Waals surface area contributed by atoms with Crippen molar-refractivity contribution in [1.29, 1.82) is 0 Å². The average Bonchev–Trinajstić information content (AvgIpc) is 3.26. The molecule has 8 nitrogen and oxygen atoms in total. The first kappa shape index (κ1) is 19.3. The molecular formula is C19H17N5O3S. The summed E-state index contributed by atoms with van der Waals surface area (Å²) >= 11 is 0. The molecule has 2 heterocycles. The van der Waals surface area contributed by atoms with E-state index in [9.17, 15) is 13.2 Å². The molecule has 142 valence electrons. The first-order chi connectivity index (χ1) is 13.5. The second-order valence-corrected chi connectivity index (χ2v) is 7.48. The number of terminal acetylenes is 1. The number of hydrogen-bond acceptors (Lipinski definition) is 5. The molecule has 9 heteroatoms. The summed E-state index contributed by atoms with van der Waals surface area (Å²) in [6.45, 7) is 0.191. The van der Waals surface area contributed by atoms with Crippen LogP contribution in [0.3, 0.4) is 0 Å². The lowest BCUT2D eigenvalue weighted by Crippen LogP contribution is -2.25. The van der Waals surface area contributed by atoms with Crippen LogP contribution in [0.2, 0.25) is 0 Å². The van der Waals surface area contributed by atoms with Crippen LogP contribution in [0.15, 0.2) is 66.0 Å². The predicted molar refractivity (Wildman–Crippen MR) is 103 cm³/mol. The van der Waals surface area contributed by atoms with E-state index >= 15 is 0 Å². The van der Waals surface area contributed by atoms with Gasteiger partial charge in [0.1, 0.15) is 0 Å². The zero-order valence-corrected chi connectivity index (χ0v) is 15.6. The minimum Gasteiger partial charge on any atom is -0.348 e. The van der Waals surface area contributed by atoms with Crippen LogP contribution >= 0.6 is 0 Å². The third-order valence-electron chi connectivity index (χ3n) is 3.79. The Morgan fingerprint density at radius 1 is 1.18 bits per heavy atom. The van der Waals surface area contributed by atoms with Gasteiger partial charge in [0.15, 0.2) is 5.82 Å². The van der Waals surface area contributed by atoms with E-state index in [0.717, 1.165) is 5.56 Å². The van der Waals surface area contributed by atoms with E-state index in [1.54, 1.807) is 35.4 Å². The molecule has 3 rings (SSSR count). The number of amides is 1. The molecule has 0 fully saturated rings. The predicted octanol–water partition coefficient (Wildman–Crippen LogP) is 1.11. The molecule has 0 atom stereocenters. The van der Waals surface area contributed by atoms with E-state index in [2.05, 4.69) is 26.0 Å². The Bertz CT molecular complexity index is 1100. The van der Waals surface area contributed by atoms with Gasteiger partial charge in [0, 0.05) is 30.7 Å². The molecular weight excluding hydrogens is 378 g/mol. The van der Waals surface area contributed by atoms with Crippen LogP contribution < -0.4 is 10.0 Å². The highest BCUT2D eigenvalue weighted by atomic mass is 32.2. The van der Waals surface area contributed by atoms with Crippen molar-refractivity contribution < 1.29 is 13.2 Å². The molecule has 2 aromatic heterocycles. The Kier molecular flexibility index (Phi) is 5.84. The Hall–Kier alpha value is -3.48. The number of pyridine rings is 1. The third-order valence-corrected chi connectivity index (χ3v) is 5.21. The highest BCUT2D eigenvalue weighted by molar-refractivity contribution is 7.89. The van der Waals surface area contributed by atoms with Crippen molar-refractivity contribution in [3.63, 3.8) is 0 Å². The van der Waals surface area contributed by atoms with Gasteiger partial charge in [-0.15, -0.1) is 6.42 Å². The molecule has 0 bridgehead atoms. The first-order valence-corrected chi connectivity index (χ1v) is 9.74. The number of aromatic nitrogens is 3. The van der Waals surface area contributed by atoms with Crippen LogP contribution in [-0.4, -0.2) is 35.6 Å². The van der Waals surface area contributed by atoms with Crippen LogP contribution in [0.25, 0.3) is 5.82 Å². The van der Waals surface area contributed by atoms with Gasteiger partial charge < -0.3 is 5.32 Å². The molecule has 2 N–H and O–H groups in total. The molecule has 0 unspecified atom stereocenters. The summed E-state index contributed by atoms with van der Waals surface area (Å²) in [5.74, 6) is 2.53. The lowest BCUT2D eigenvalue weighted by atomic mass is 10.2. The third kappa shape index (κ3) is 4.62. The fourth-order valence-electron chi connectivity index (χ4n) is 2.39. The quantitative estimate of drug-likeness (QED) is 0.583. The van der Waals surface area contributed by atoms with Gasteiger partial charge in [-0.3, -0.25) is 4.79 Å². The van der Waals surface area contributed by atoms with E-state index in [4.69, 9.17) is 6.42 Å². The van der Waals surface area contributed by atoms with Crippen molar-refractivity contribution in [2.75, 3.05) is 6.54 Å². The van der Waals surface area contributed by atoms with Gasteiger partial charge in [0.05, 0.1) is 11.4 Å². The topological polar surface area (TPSA) is 106 Å². The van der Waals surface area contributed by atoms with Crippen LogP contribution in [0, 0.1) is 12.3 Å². The maximum atomic E-state index is 12.3. The molecule has 0 aliphatic carbocycles. The van der Waals surface area contributed by atoms with Gasteiger partial charge in [-0.05, 0) is 48.0 Å². The first-order valence-electron chi connectivity index (χ1n) is 8.26. The monoisotopic (exact) mass is 395 g/mol. The minimum atomic E-state index is -3.69. The Morgan fingerprint density at radius 2 is 1.96 bits per heavy atom. The summed E-state index contributed by atoms with van der Waals surface area (Å²) in [5.41, 5.74) is 1.20. The van der Waals surface area contributed by atoms with E-state index in [1.165, 1.54) is 24.3 Å². The van der Waals surface area contributed by atoms with Gasteiger partial charge >= 0.3 is 0 Å². The number of benzene rings is 1. The Balaban J connectivity index is 1.64. The summed E-state index contributed by atoms with van der Waals surface area (Å²) in [6.07, 6.45) is 10.1. The maximum Gasteiger partial charge on any atom is 0.251 e. The van der Waals surface area contributed by atoms with Crippen molar-refractivity contribution in [2.45, 2.75) is 11.4 Å². The fraction of sp³-hybridized carbons (Fsp3) is 0.105. The van der Waals surface area contributed by atoms with Crippen molar-refractivity contribution in [3.05, 3.63) is 72.2 Å². The summed E-state index contributed by atoms with van der Waals surface area (Å²) in [6, 6.07) is 11.0. The summed E-state index contributed by atoms with van der Waals surface area (Å²) in [5, 5.41) is 6.91. The lowest BCUT2D eigenvalue weighted by Gasteiger charge is -2.08. The van der Waals surface area contributed by atoms with Crippen LogP contribution in [0.5, 0.6) is 0 Å². The highest BCUT2D eigenvalue weighted by Gasteiger charge is 2.14. The molecule has 0 aliphatic heterocycles. The zero-order valence-electron chi connectivity index (χ0n) is 14.7. The Labute approximate surface area is 162 Å². The van der Waals surface area contributed by atoms with Gasteiger partial charge in [-0.1, -0.05) is 5.92 Å². The van der Waals surface area contributed by atoms with Gasteiger partial charge in [0.2, 0.25) is 10.0 Å². The number of nitrogens with zero attached hydrogens (tertiary/aromatic N) is 3. The van der Waals surface area contributed by atoms with Crippen molar-refractivity contribution in [3.8, 4) is 18.2 Å². The number of carbonyl (C=O) groups is 1. The number of sulfonamides is 1. The van der Waals surface area contributed by atoms with Crippen molar-refractivity contribution in [2.24, 2.45) is 0 Å². The number of carbonyl (C=O) groups excluding carboxylic acids is 1. The van der Waals surface area contributed by atoms with E-state index in [-0.39, 0.29) is 17.3 Å². The molecule has 28 heavy (non-hydrogen) atoms. The number of nitrogens with one attached hydrogen (secondary N) is 2. The minimum absolute atomic E-state index is 0.0392. The lowest BCUT2D eigenvalue weighted by molar-refractivity contribution is 0.0951. The molecule has 0 radical (unpaired) electrons. The van der Waals surface area contributed by atoms with E-state index < -0.39 is 10.0 Å². The maximum absolute atomic E-state index is 12.3. The smallest absolute Gasteiger partial charge is 0.251 e. The number of hydrogen-bond donors (Lipinski definition) is 2. The van der Waals surface area contributed by atoms with Crippen LogP contribution in [-0.2, 0) is 16.6 Å². The summed E-state index contributed by atoms with van der Waals surface area (Å²) in [4.78, 5) is 16.6. The molecule has 1 aromatic carbocycles. The zero-order chi connectivity index (χ0) is 20.0. The normalized spacial score (nSPS) is 11.0.